The van der Waals surface area contributed by atoms with Crippen LogP contribution < -0.4 is 11.1 Å². The van der Waals surface area contributed by atoms with Gasteiger partial charge in [-0.15, -0.1) is 5.10 Å². The van der Waals surface area contributed by atoms with Crippen molar-refractivity contribution in [2.75, 3.05) is 5.73 Å². The zero-order valence-corrected chi connectivity index (χ0v) is 20.7. The van der Waals surface area contributed by atoms with E-state index in [0.717, 1.165) is 35.1 Å². The van der Waals surface area contributed by atoms with Crippen molar-refractivity contribution >= 4 is 23.3 Å². The first-order valence-corrected chi connectivity index (χ1v) is 12.9. The van der Waals surface area contributed by atoms with Crippen molar-refractivity contribution in [1.29, 1.82) is 0 Å². The summed E-state index contributed by atoms with van der Waals surface area (Å²) >= 11 is 0. The number of fused-ring (bicyclic) bond motifs is 2. The van der Waals surface area contributed by atoms with E-state index >= 15 is 0 Å². The molecule has 2 fully saturated rings. The molecule has 0 spiro atoms. The van der Waals surface area contributed by atoms with E-state index < -0.39 is 0 Å². The monoisotopic (exact) mass is 488 g/mol. The quantitative estimate of drug-likeness (QED) is 0.507. The molecule has 0 bridgehead atoms. The lowest BCUT2D eigenvalue weighted by Crippen LogP contribution is -2.38. The zero-order valence-electron chi connectivity index (χ0n) is 20.7. The predicted molar refractivity (Wildman–Crippen MR) is 135 cm³/mol. The Morgan fingerprint density at radius 1 is 1.19 bits per heavy atom. The van der Waals surface area contributed by atoms with Gasteiger partial charge in [-0.3, -0.25) is 9.59 Å². The Bertz CT molecular complexity index is 1370. The third-order valence-electron chi connectivity index (χ3n) is 8.10. The van der Waals surface area contributed by atoms with Gasteiger partial charge >= 0.3 is 0 Å². The molecule has 3 aliphatic rings. The van der Waals surface area contributed by atoms with Crippen LogP contribution in [-0.4, -0.2) is 54.6 Å². The second kappa shape index (κ2) is 8.58. The average Bonchev–Trinajstić information content (AvgIpc) is 3.57. The average molecular weight is 489 g/mol. The fraction of sp³-hybridized carbons (Fsp3) is 0.481. The number of hydrogen-bond donors (Lipinski definition) is 3. The fourth-order valence-electron chi connectivity index (χ4n) is 5.80. The number of aromatic nitrogens is 3. The molecule has 3 aromatic rings. The van der Waals surface area contributed by atoms with E-state index in [4.69, 9.17) is 10.7 Å². The van der Waals surface area contributed by atoms with E-state index in [2.05, 4.69) is 17.3 Å². The minimum atomic E-state index is -0.297. The van der Waals surface area contributed by atoms with Crippen LogP contribution in [0.2, 0.25) is 0 Å². The minimum Gasteiger partial charge on any atom is -0.393 e. The molecular formula is C27H32N6O3. The summed E-state index contributed by atoms with van der Waals surface area (Å²) in [5, 5.41) is 17.1. The summed E-state index contributed by atoms with van der Waals surface area (Å²) in [6.45, 7) is 4.74. The van der Waals surface area contributed by atoms with Crippen LogP contribution in [0.3, 0.4) is 0 Å². The molecule has 4 N–H and O–H groups in total. The number of aliphatic hydroxyl groups excluding tert-OH is 1. The number of aryl methyl sites for hydroxylation is 1. The van der Waals surface area contributed by atoms with Crippen molar-refractivity contribution in [2.45, 2.75) is 77.1 Å². The van der Waals surface area contributed by atoms with E-state index in [1.54, 1.807) is 6.20 Å². The van der Waals surface area contributed by atoms with E-state index in [1.807, 2.05) is 30.0 Å². The van der Waals surface area contributed by atoms with Crippen molar-refractivity contribution in [1.82, 2.24) is 24.8 Å². The highest BCUT2D eigenvalue weighted by Crippen LogP contribution is 2.39. The zero-order chi connectivity index (χ0) is 25.1. The van der Waals surface area contributed by atoms with Crippen molar-refractivity contribution in [3.8, 4) is 11.3 Å². The summed E-state index contributed by atoms with van der Waals surface area (Å²) in [6, 6.07) is 6.15. The van der Waals surface area contributed by atoms with Gasteiger partial charge in [0.05, 0.1) is 11.8 Å². The summed E-state index contributed by atoms with van der Waals surface area (Å²) in [6.07, 6.45) is 6.67. The summed E-state index contributed by atoms with van der Waals surface area (Å²) in [7, 11) is 0. The summed E-state index contributed by atoms with van der Waals surface area (Å²) < 4.78 is 1.53. The van der Waals surface area contributed by atoms with Gasteiger partial charge in [0, 0.05) is 36.0 Å². The topological polar surface area (TPSA) is 126 Å². The number of nitrogens with one attached hydrogen (secondary N) is 1. The van der Waals surface area contributed by atoms with Crippen LogP contribution >= 0.6 is 0 Å². The van der Waals surface area contributed by atoms with Crippen molar-refractivity contribution < 1.29 is 14.7 Å². The van der Waals surface area contributed by atoms with Gasteiger partial charge in [-0.25, -0.2) is 9.50 Å². The van der Waals surface area contributed by atoms with Crippen LogP contribution in [0.5, 0.6) is 0 Å². The van der Waals surface area contributed by atoms with Crippen LogP contribution in [0.15, 0.2) is 24.4 Å². The highest BCUT2D eigenvalue weighted by atomic mass is 16.3. The molecule has 36 heavy (non-hydrogen) atoms. The highest BCUT2D eigenvalue weighted by Gasteiger charge is 2.39. The second-order valence-electron chi connectivity index (χ2n) is 10.7. The van der Waals surface area contributed by atoms with E-state index in [9.17, 15) is 14.7 Å². The van der Waals surface area contributed by atoms with Gasteiger partial charge in [-0.05, 0) is 87.6 Å². The van der Waals surface area contributed by atoms with Crippen molar-refractivity contribution in [3.63, 3.8) is 0 Å². The lowest BCUT2D eigenvalue weighted by molar-refractivity contribution is 0.0696. The summed E-state index contributed by atoms with van der Waals surface area (Å²) in [5.74, 6) is 0.569. The number of anilines is 1. The number of nitrogens with two attached hydrogens (primary N) is 1. The van der Waals surface area contributed by atoms with Crippen LogP contribution in [0, 0.1) is 12.8 Å². The molecule has 2 aromatic heterocycles. The number of nitrogen functional groups attached to an aromatic ring is 1. The molecule has 0 radical (unpaired) electrons. The fourth-order valence-corrected chi connectivity index (χ4v) is 5.80. The van der Waals surface area contributed by atoms with Gasteiger partial charge in [0.15, 0.2) is 11.5 Å². The maximum Gasteiger partial charge on any atom is 0.259 e. The number of benzene rings is 1. The Balaban J connectivity index is 1.31. The number of rotatable bonds is 5. The molecule has 3 heterocycles. The predicted octanol–water partition coefficient (Wildman–Crippen LogP) is 3.07. The molecule has 188 valence electrons. The maximum atomic E-state index is 13.2. The Labute approximate surface area is 209 Å². The number of hydrogen-bond acceptors (Lipinski definition) is 6. The molecule has 9 nitrogen and oxygen atoms in total. The van der Waals surface area contributed by atoms with Gasteiger partial charge in [0.25, 0.3) is 11.8 Å². The Kier molecular flexibility index (Phi) is 5.48. The molecule has 9 heteroatoms. The molecule has 1 atom stereocenters. The van der Waals surface area contributed by atoms with Crippen molar-refractivity contribution in [2.24, 2.45) is 5.92 Å². The molecular weight excluding hydrogens is 456 g/mol. The molecule has 1 aliphatic heterocycles. The van der Waals surface area contributed by atoms with Crippen molar-refractivity contribution in [3.05, 3.63) is 46.6 Å². The number of carbonyl (C=O) groups is 2. The number of aliphatic hydroxyl groups is 1. The standard InChI is InChI=1S/C27H32N6O3/c1-14-11-17(12-18-13-32(27(36)22(14)18)15(2)16-3-4-16)21-9-10-33-25(30-21)23(24(28)31-33)26(35)29-19-5-7-20(34)8-6-19/h9-12,15-16,19-20,34H,3-8,13H2,1-2H3,(H2,28,31)(H,29,35). The molecule has 1 unspecified atom stereocenters. The third kappa shape index (κ3) is 3.91. The van der Waals surface area contributed by atoms with Gasteiger partial charge in [-0.1, -0.05) is 0 Å². The summed E-state index contributed by atoms with van der Waals surface area (Å²) in [5.41, 5.74) is 11.2. The second-order valence-corrected chi connectivity index (χ2v) is 10.7. The Morgan fingerprint density at radius 2 is 1.94 bits per heavy atom. The van der Waals surface area contributed by atoms with Gasteiger partial charge in [0.1, 0.15) is 5.56 Å². The number of nitrogens with zero attached hydrogens (tertiary/aromatic N) is 4. The normalized spacial score (nSPS) is 22.6. The van der Waals surface area contributed by atoms with Gasteiger partial charge < -0.3 is 21.1 Å². The molecule has 2 aliphatic carbocycles. The number of amides is 2. The Hall–Kier alpha value is -3.46. The smallest absolute Gasteiger partial charge is 0.259 e. The lowest BCUT2D eigenvalue weighted by Gasteiger charge is -2.26. The third-order valence-corrected chi connectivity index (χ3v) is 8.10. The minimum absolute atomic E-state index is 0.00342. The van der Waals surface area contributed by atoms with Crippen LogP contribution in [0.25, 0.3) is 16.9 Å². The largest absolute Gasteiger partial charge is 0.393 e. The van der Waals surface area contributed by atoms with Gasteiger partial charge in [0.2, 0.25) is 0 Å². The van der Waals surface area contributed by atoms with Gasteiger partial charge in [-0.2, -0.15) is 0 Å². The molecule has 6 rings (SSSR count). The van der Waals surface area contributed by atoms with E-state index in [0.29, 0.717) is 36.6 Å². The lowest BCUT2D eigenvalue weighted by atomic mass is 9.93. The maximum absolute atomic E-state index is 13.2. The molecule has 1 aromatic carbocycles. The molecule has 2 amide bonds. The SMILES string of the molecule is Cc1cc(-c2ccn3nc(N)c(C(=O)NC4CCC(O)CC4)c3n2)cc2c1C(=O)N(C(C)C1CC1)C2. The highest BCUT2D eigenvalue weighted by molar-refractivity contribution is 6.04. The Morgan fingerprint density at radius 3 is 2.67 bits per heavy atom. The van der Waals surface area contributed by atoms with E-state index in [1.165, 1.54) is 17.4 Å². The first-order chi connectivity index (χ1) is 17.3. The number of carbonyl (C=O) groups excluding carboxylic acids is 2. The molecule has 2 saturated carbocycles. The first-order valence-electron chi connectivity index (χ1n) is 12.9. The van der Waals surface area contributed by atoms with E-state index in [-0.39, 0.29) is 41.4 Å². The van der Waals surface area contributed by atoms with Crippen LogP contribution in [0.4, 0.5) is 5.82 Å². The molecule has 0 saturated heterocycles. The first kappa shape index (κ1) is 23.0. The van der Waals surface area contributed by atoms with Crippen LogP contribution in [-0.2, 0) is 6.54 Å². The van der Waals surface area contributed by atoms with Crippen LogP contribution in [0.1, 0.15) is 77.3 Å². The summed E-state index contributed by atoms with van der Waals surface area (Å²) in [4.78, 5) is 33.1.